The Morgan fingerprint density at radius 1 is 0.574 bits per heavy atom. The van der Waals surface area contributed by atoms with Gasteiger partial charge in [-0.2, -0.15) is 0 Å². The Balaban J connectivity index is -0.000000854. The van der Waals surface area contributed by atoms with Gasteiger partial charge in [0, 0.05) is 76.6 Å². The highest BCUT2D eigenvalue weighted by atomic mass is 16.7. The maximum atomic E-state index is 12.0. The van der Waals surface area contributed by atoms with E-state index in [1.807, 2.05) is 24.3 Å². The SMILES string of the molecule is CCO.CCOC(=O)NCCOCCOCCCC(=O)c1ccc(CN)cc1.CCOC(=O)NCCOCCOCCN.CCOC(=O)Oc1ccc([N+](=O)[O-])cc1.NCCOCCOCCN. The van der Waals surface area contributed by atoms with E-state index in [1.54, 1.807) is 27.7 Å². The standard InChI is InChI=1S/C18H28N2O5.C9H20N2O4.C9H9NO5.C6H16N2O2.C2H6O/c1-2-25-18(22)20-9-11-24-13-12-23-10-3-4-17(21)16-7-5-15(14-19)6-8-16;1-2-15-9(12)11-4-6-14-8-7-13-5-3-10;1-2-14-9(11)15-8-5-3-7(4-6-8)10(12)13;7-1-3-9-5-6-10-4-2-8;1-2-3/h5-8H,2-4,9-14,19H2,1H3,(H,20,22);2-8,10H2,1H3,(H,11,12);3-6H,2H2,1H3;1-8H2;3H,2H2,1H3. The summed E-state index contributed by atoms with van der Waals surface area (Å²) < 4.78 is 49.7. The number of rotatable bonds is 32. The molecule has 24 heteroatoms. The van der Waals surface area contributed by atoms with Gasteiger partial charge in [0.15, 0.2) is 5.78 Å². The zero-order chi connectivity index (χ0) is 51.3. The van der Waals surface area contributed by atoms with Gasteiger partial charge in [0.1, 0.15) is 5.75 Å². The molecule has 68 heavy (non-hydrogen) atoms. The van der Waals surface area contributed by atoms with Crippen molar-refractivity contribution in [2.24, 2.45) is 22.9 Å². The summed E-state index contributed by atoms with van der Waals surface area (Å²) in [6.07, 6.45) is -0.565. The van der Waals surface area contributed by atoms with E-state index in [0.29, 0.717) is 150 Å². The Bertz CT molecular complexity index is 1470. The monoisotopic (exact) mass is 978 g/mol. The van der Waals surface area contributed by atoms with Crippen LogP contribution in [0.4, 0.5) is 20.1 Å². The molecule has 0 heterocycles. The van der Waals surface area contributed by atoms with Gasteiger partial charge in [-0.3, -0.25) is 14.9 Å². The molecule has 2 amide bonds. The lowest BCUT2D eigenvalue weighted by Gasteiger charge is -2.07. The molecule has 0 aliphatic rings. The summed E-state index contributed by atoms with van der Waals surface area (Å²) >= 11 is 0. The van der Waals surface area contributed by atoms with E-state index in [2.05, 4.69) is 20.1 Å². The molecule has 0 saturated heterocycles. The predicted molar refractivity (Wildman–Crippen MR) is 254 cm³/mol. The molecule has 0 spiro atoms. The Labute approximate surface area is 400 Å². The number of non-ortho nitro benzene ring substituents is 1. The first kappa shape index (κ1) is 67.2. The summed E-state index contributed by atoms with van der Waals surface area (Å²) in [5.74, 6) is 0.313. The molecule has 0 bridgehead atoms. The summed E-state index contributed by atoms with van der Waals surface area (Å²) in [5.41, 5.74) is 22.8. The van der Waals surface area contributed by atoms with Gasteiger partial charge in [-0.15, -0.1) is 0 Å². The minimum absolute atomic E-state index is 0.0637. The van der Waals surface area contributed by atoms with Crippen molar-refractivity contribution in [1.82, 2.24) is 10.6 Å². The minimum atomic E-state index is -0.827. The van der Waals surface area contributed by atoms with E-state index in [1.165, 1.54) is 24.3 Å². The molecule has 0 saturated carbocycles. The lowest BCUT2D eigenvalue weighted by atomic mass is 10.1. The number of amides is 2. The van der Waals surface area contributed by atoms with E-state index >= 15 is 0 Å². The quantitative estimate of drug-likeness (QED) is 0.0105. The zero-order valence-electron chi connectivity index (χ0n) is 40.3. The molecule has 0 fully saturated rings. The minimum Gasteiger partial charge on any atom is -0.450 e. The highest BCUT2D eigenvalue weighted by Gasteiger charge is 2.09. The van der Waals surface area contributed by atoms with Crippen molar-refractivity contribution in [1.29, 1.82) is 0 Å². The van der Waals surface area contributed by atoms with E-state index < -0.39 is 23.3 Å². The number of ketones is 1. The first-order valence-corrected chi connectivity index (χ1v) is 22.3. The van der Waals surface area contributed by atoms with Gasteiger partial charge >= 0.3 is 18.3 Å². The van der Waals surface area contributed by atoms with Gasteiger partial charge in [-0.1, -0.05) is 24.3 Å². The van der Waals surface area contributed by atoms with Crippen molar-refractivity contribution < 1.29 is 76.6 Å². The number of nitrogens with zero attached hydrogens (tertiary/aromatic N) is 1. The molecule has 2 aromatic carbocycles. The number of hydrogen-bond acceptors (Lipinski definition) is 21. The van der Waals surface area contributed by atoms with Gasteiger partial charge in [-0.05, 0) is 51.8 Å². The highest BCUT2D eigenvalue weighted by molar-refractivity contribution is 5.96. The third kappa shape index (κ3) is 47.4. The van der Waals surface area contributed by atoms with E-state index in [4.69, 9.17) is 65.9 Å². The summed E-state index contributed by atoms with van der Waals surface area (Å²) in [6.45, 7) is 17.2. The van der Waals surface area contributed by atoms with Crippen LogP contribution in [0.1, 0.15) is 56.5 Å². The highest BCUT2D eigenvalue weighted by Crippen LogP contribution is 2.17. The maximum absolute atomic E-state index is 12.0. The first-order chi connectivity index (χ1) is 32.9. The van der Waals surface area contributed by atoms with Crippen molar-refractivity contribution in [2.75, 3.05) is 138 Å². The van der Waals surface area contributed by atoms with Crippen LogP contribution in [0.15, 0.2) is 48.5 Å². The maximum Gasteiger partial charge on any atom is 0.513 e. The fourth-order valence-corrected chi connectivity index (χ4v) is 4.22. The summed E-state index contributed by atoms with van der Waals surface area (Å²) in [7, 11) is 0. The van der Waals surface area contributed by atoms with Crippen LogP contribution < -0.4 is 38.3 Å². The molecule has 0 atom stereocenters. The number of hydrogen-bond donors (Lipinski definition) is 7. The fourth-order valence-electron chi connectivity index (χ4n) is 4.22. The number of aliphatic hydroxyl groups excluding tert-OH is 1. The summed E-state index contributed by atoms with van der Waals surface area (Å²) in [6, 6.07) is 12.5. The Morgan fingerprint density at radius 3 is 1.34 bits per heavy atom. The number of carbonyl (C=O) groups excluding carboxylic acids is 4. The molecule has 0 unspecified atom stereocenters. The number of nitrogens with one attached hydrogen (secondary N) is 2. The van der Waals surface area contributed by atoms with Crippen LogP contribution in [-0.2, 0) is 49.2 Å². The second-order valence-electron chi connectivity index (χ2n) is 12.6. The molecule has 2 rings (SSSR count). The number of Topliss-reactive ketones (excluding diaryl/α,β-unsaturated/α-hetero) is 1. The van der Waals surface area contributed by atoms with Crippen LogP contribution in [0.25, 0.3) is 0 Å². The van der Waals surface area contributed by atoms with Crippen molar-refractivity contribution in [3.63, 3.8) is 0 Å². The second kappa shape index (κ2) is 52.8. The smallest absolute Gasteiger partial charge is 0.450 e. The molecular formula is C44H79N7O17. The van der Waals surface area contributed by atoms with Gasteiger partial charge < -0.3 is 86.0 Å². The molecule has 0 aliphatic carbocycles. The number of nitro groups is 1. The molecule has 11 N–H and O–H groups in total. The van der Waals surface area contributed by atoms with Crippen LogP contribution in [0, 0.1) is 10.1 Å². The van der Waals surface area contributed by atoms with Crippen molar-refractivity contribution in [2.45, 2.75) is 47.1 Å². The predicted octanol–water partition coefficient (Wildman–Crippen LogP) is 2.68. The fraction of sp³-hybridized carbons (Fsp3) is 0.636. The number of carbonyl (C=O) groups is 4. The molecular weight excluding hydrogens is 899 g/mol. The lowest BCUT2D eigenvalue weighted by Crippen LogP contribution is -2.28. The molecule has 0 radical (unpaired) electrons. The molecule has 0 aromatic heterocycles. The van der Waals surface area contributed by atoms with Crippen LogP contribution in [0.5, 0.6) is 5.75 Å². The lowest BCUT2D eigenvalue weighted by molar-refractivity contribution is -0.384. The molecule has 0 aliphatic heterocycles. The Kier molecular flexibility index (Phi) is 52.2. The molecule has 24 nitrogen and oxygen atoms in total. The number of aliphatic hydroxyl groups is 1. The van der Waals surface area contributed by atoms with Crippen LogP contribution in [-0.4, -0.2) is 173 Å². The van der Waals surface area contributed by atoms with Gasteiger partial charge in [0.2, 0.25) is 0 Å². The third-order valence-electron chi connectivity index (χ3n) is 7.20. The Hall–Kier alpha value is -5.12. The second-order valence-corrected chi connectivity index (χ2v) is 12.6. The normalized spacial score (nSPS) is 9.90. The first-order valence-electron chi connectivity index (χ1n) is 22.3. The average molecular weight is 978 g/mol. The number of nitro benzene ring substituents is 1. The number of benzene rings is 2. The Morgan fingerprint density at radius 2 is 0.971 bits per heavy atom. The average Bonchev–Trinajstić information content (AvgIpc) is 3.33. The van der Waals surface area contributed by atoms with E-state index in [0.717, 1.165) is 5.56 Å². The van der Waals surface area contributed by atoms with Crippen molar-refractivity contribution >= 4 is 29.8 Å². The van der Waals surface area contributed by atoms with Gasteiger partial charge in [0.25, 0.3) is 5.69 Å². The van der Waals surface area contributed by atoms with E-state index in [-0.39, 0.29) is 30.4 Å². The summed E-state index contributed by atoms with van der Waals surface area (Å²) in [4.78, 5) is 54.4. The zero-order valence-corrected chi connectivity index (χ0v) is 40.3. The van der Waals surface area contributed by atoms with Gasteiger partial charge in [0.05, 0.1) is 97.4 Å². The number of ether oxygens (including phenoxy) is 10. The van der Waals surface area contributed by atoms with Crippen molar-refractivity contribution in [3.8, 4) is 5.75 Å². The van der Waals surface area contributed by atoms with Crippen LogP contribution in [0.3, 0.4) is 0 Å². The number of nitrogens with two attached hydrogens (primary N) is 4. The van der Waals surface area contributed by atoms with Crippen LogP contribution in [0.2, 0.25) is 0 Å². The van der Waals surface area contributed by atoms with Gasteiger partial charge in [-0.25, -0.2) is 14.4 Å². The summed E-state index contributed by atoms with van der Waals surface area (Å²) in [5, 5.41) is 23.0. The number of alkyl carbamates (subject to hydrolysis) is 2. The van der Waals surface area contributed by atoms with E-state index in [9.17, 15) is 29.3 Å². The van der Waals surface area contributed by atoms with Crippen molar-refractivity contribution in [3.05, 3.63) is 69.8 Å². The third-order valence-corrected chi connectivity index (χ3v) is 7.20. The molecule has 2 aromatic rings. The largest absolute Gasteiger partial charge is 0.513 e. The molecule has 392 valence electrons. The van der Waals surface area contributed by atoms with Crippen LogP contribution >= 0.6 is 0 Å². The topological polar surface area (TPSA) is 352 Å².